The van der Waals surface area contributed by atoms with Crippen LogP contribution in [0.15, 0.2) is 54.6 Å². The number of carbonyl (C=O) groups is 3. The summed E-state index contributed by atoms with van der Waals surface area (Å²) in [6.07, 6.45) is 4.17. The van der Waals surface area contributed by atoms with Crippen LogP contribution in [0.1, 0.15) is 46.1 Å². The van der Waals surface area contributed by atoms with E-state index in [1.807, 2.05) is 6.08 Å². The van der Waals surface area contributed by atoms with Crippen LogP contribution in [0.2, 0.25) is 10.0 Å². The van der Waals surface area contributed by atoms with Gasteiger partial charge in [0.25, 0.3) is 0 Å². The molecule has 0 radical (unpaired) electrons. The standard InChI is InChI=1S/C33H37Cl2FN4O4/c1-31(2)15-21(16-32(3,4)38-31)40-27(28(41)37-17-18-6-8-19(36)9-7-18)33-13-12-24(44-33)25(26(33)30(40)43)29(42)39(5)20-10-11-22(34)23(35)14-20/h6-14,21,24-27,38H,15-17H2,1-5H3,(H,37,41). The number of nitrogens with zero attached hydrogens (tertiary/aromatic N) is 2. The number of hydrogen-bond acceptors (Lipinski definition) is 5. The van der Waals surface area contributed by atoms with Gasteiger partial charge in [-0.25, -0.2) is 4.39 Å². The Hall–Kier alpha value is -2.98. The summed E-state index contributed by atoms with van der Waals surface area (Å²) in [5.41, 5.74) is -0.683. The van der Waals surface area contributed by atoms with E-state index in [9.17, 15) is 18.8 Å². The van der Waals surface area contributed by atoms with E-state index in [4.69, 9.17) is 27.9 Å². The first-order valence-corrected chi connectivity index (χ1v) is 15.6. The molecule has 4 aliphatic heterocycles. The minimum atomic E-state index is -1.31. The number of anilines is 1. The first-order valence-electron chi connectivity index (χ1n) is 14.9. The van der Waals surface area contributed by atoms with Gasteiger partial charge in [-0.3, -0.25) is 14.4 Å². The lowest BCUT2D eigenvalue weighted by molar-refractivity contribution is -0.146. The number of halogens is 3. The molecule has 2 aromatic rings. The monoisotopic (exact) mass is 642 g/mol. The van der Waals surface area contributed by atoms with Gasteiger partial charge in [-0.15, -0.1) is 0 Å². The van der Waals surface area contributed by atoms with Crippen molar-refractivity contribution in [3.8, 4) is 0 Å². The van der Waals surface area contributed by atoms with Gasteiger partial charge in [-0.05, 0) is 76.4 Å². The Labute approximate surface area is 266 Å². The van der Waals surface area contributed by atoms with Crippen LogP contribution in [0.3, 0.4) is 0 Å². The Bertz CT molecular complexity index is 1530. The van der Waals surface area contributed by atoms with Gasteiger partial charge < -0.3 is 25.2 Å². The van der Waals surface area contributed by atoms with Crippen molar-refractivity contribution in [2.24, 2.45) is 11.8 Å². The van der Waals surface area contributed by atoms with Crippen molar-refractivity contribution in [3.63, 3.8) is 0 Å². The zero-order valence-electron chi connectivity index (χ0n) is 25.4. The molecule has 4 aliphatic rings. The minimum Gasteiger partial charge on any atom is -0.359 e. The zero-order valence-corrected chi connectivity index (χ0v) is 26.9. The molecular weight excluding hydrogens is 606 g/mol. The van der Waals surface area contributed by atoms with Gasteiger partial charge in [0.05, 0.1) is 28.0 Å². The molecule has 0 aromatic heterocycles. The predicted molar refractivity (Wildman–Crippen MR) is 167 cm³/mol. The van der Waals surface area contributed by atoms with Gasteiger partial charge >= 0.3 is 0 Å². The molecule has 1 spiro atoms. The third-order valence-corrected chi connectivity index (χ3v) is 10.1. The molecule has 4 heterocycles. The number of hydrogen-bond donors (Lipinski definition) is 2. The van der Waals surface area contributed by atoms with Crippen molar-refractivity contribution in [1.29, 1.82) is 0 Å². The number of ether oxygens (including phenoxy) is 1. The van der Waals surface area contributed by atoms with E-state index >= 15 is 0 Å². The molecule has 44 heavy (non-hydrogen) atoms. The SMILES string of the molecule is CN(C(=O)C1C2C=CC3(O2)C1C(=O)N(C1CC(C)(C)NC(C)(C)C1)C3C(=O)NCc1ccc(F)cc1)c1ccc(Cl)c(Cl)c1. The number of carbonyl (C=O) groups excluding carboxylic acids is 3. The van der Waals surface area contributed by atoms with Crippen molar-refractivity contribution < 1.29 is 23.5 Å². The third-order valence-electron chi connectivity index (χ3n) is 9.41. The molecule has 3 saturated heterocycles. The van der Waals surface area contributed by atoms with E-state index in [0.29, 0.717) is 28.6 Å². The topological polar surface area (TPSA) is 91.0 Å². The quantitative estimate of drug-likeness (QED) is 0.439. The number of fused-ring (bicyclic) bond motifs is 1. The maximum absolute atomic E-state index is 14.7. The second-order valence-electron chi connectivity index (χ2n) is 13.7. The Morgan fingerprint density at radius 2 is 1.73 bits per heavy atom. The number of rotatable bonds is 6. The van der Waals surface area contributed by atoms with Crippen LogP contribution in [0.5, 0.6) is 0 Å². The molecule has 5 unspecified atom stereocenters. The van der Waals surface area contributed by atoms with Crippen LogP contribution in [0.25, 0.3) is 0 Å². The lowest BCUT2D eigenvalue weighted by Gasteiger charge is -2.50. The minimum absolute atomic E-state index is 0.150. The smallest absolute Gasteiger partial charge is 0.246 e. The lowest BCUT2D eigenvalue weighted by atomic mass is 9.74. The van der Waals surface area contributed by atoms with Gasteiger partial charge in [0.2, 0.25) is 17.7 Å². The summed E-state index contributed by atoms with van der Waals surface area (Å²) in [7, 11) is 1.63. The van der Waals surface area contributed by atoms with Crippen LogP contribution in [-0.2, 0) is 25.7 Å². The first kappa shape index (κ1) is 31.0. The fourth-order valence-corrected chi connectivity index (χ4v) is 8.27. The molecule has 3 amide bonds. The van der Waals surface area contributed by atoms with E-state index < -0.39 is 29.6 Å². The highest BCUT2D eigenvalue weighted by Crippen LogP contribution is 2.57. The number of likely N-dealkylation sites (tertiary alicyclic amines) is 1. The molecule has 0 aliphatic carbocycles. The largest absolute Gasteiger partial charge is 0.359 e. The zero-order chi connectivity index (χ0) is 31.8. The number of piperidine rings is 1. The summed E-state index contributed by atoms with van der Waals surface area (Å²) in [5, 5.41) is 7.30. The van der Waals surface area contributed by atoms with Crippen LogP contribution in [0.4, 0.5) is 10.1 Å². The van der Waals surface area contributed by atoms with E-state index in [1.54, 1.807) is 48.4 Å². The summed E-state index contributed by atoms with van der Waals surface area (Å²) in [6.45, 7) is 8.50. The third kappa shape index (κ3) is 5.21. The van der Waals surface area contributed by atoms with Gasteiger partial charge in [-0.2, -0.15) is 0 Å². The van der Waals surface area contributed by atoms with Crippen LogP contribution < -0.4 is 15.5 Å². The molecule has 234 valence electrons. The summed E-state index contributed by atoms with van der Waals surface area (Å²) in [5.74, 6) is -3.05. The molecule has 0 saturated carbocycles. The number of nitrogens with one attached hydrogen (secondary N) is 2. The maximum atomic E-state index is 14.7. The summed E-state index contributed by atoms with van der Waals surface area (Å²) in [4.78, 5) is 46.2. The fourth-order valence-electron chi connectivity index (χ4n) is 7.98. The van der Waals surface area contributed by atoms with Crippen molar-refractivity contribution in [3.05, 3.63) is 76.0 Å². The lowest BCUT2D eigenvalue weighted by Crippen LogP contribution is -2.65. The summed E-state index contributed by atoms with van der Waals surface area (Å²) in [6, 6.07) is 9.53. The van der Waals surface area contributed by atoms with Crippen molar-refractivity contribution in [2.75, 3.05) is 11.9 Å². The predicted octanol–water partition coefficient (Wildman–Crippen LogP) is 4.87. The Kier molecular flexibility index (Phi) is 7.63. The van der Waals surface area contributed by atoms with Crippen molar-refractivity contribution >= 4 is 46.6 Å². The molecule has 2 bridgehead atoms. The normalized spacial score (nSPS) is 30.0. The molecule has 6 rings (SSSR count). The molecular formula is C33H37Cl2FN4O4. The Morgan fingerprint density at radius 3 is 2.36 bits per heavy atom. The maximum Gasteiger partial charge on any atom is 0.246 e. The van der Waals surface area contributed by atoms with Gasteiger partial charge in [0, 0.05) is 36.4 Å². The molecule has 3 fully saturated rings. The van der Waals surface area contributed by atoms with E-state index in [2.05, 4.69) is 38.3 Å². The Balaban J connectivity index is 1.36. The molecule has 11 heteroatoms. The van der Waals surface area contributed by atoms with Crippen LogP contribution in [-0.4, -0.2) is 64.5 Å². The van der Waals surface area contributed by atoms with Crippen molar-refractivity contribution in [2.45, 2.75) is 81.9 Å². The highest BCUT2D eigenvalue weighted by molar-refractivity contribution is 6.42. The summed E-state index contributed by atoms with van der Waals surface area (Å²) < 4.78 is 20.1. The second kappa shape index (κ2) is 10.8. The number of benzene rings is 2. The van der Waals surface area contributed by atoms with Gasteiger partial charge in [0.1, 0.15) is 17.5 Å². The van der Waals surface area contributed by atoms with Crippen LogP contribution in [0, 0.1) is 17.7 Å². The average Bonchev–Trinajstić information content (AvgIpc) is 3.59. The van der Waals surface area contributed by atoms with E-state index in [1.165, 1.54) is 17.0 Å². The number of amides is 3. The fraction of sp³-hybridized carbons (Fsp3) is 0.485. The van der Waals surface area contributed by atoms with Crippen molar-refractivity contribution in [1.82, 2.24) is 15.5 Å². The highest BCUT2D eigenvalue weighted by atomic mass is 35.5. The molecule has 5 atom stereocenters. The average molecular weight is 644 g/mol. The van der Waals surface area contributed by atoms with Gasteiger partial charge in [0.15, 0.2) is 0 Å². The van der Waals surface area contributed by atoms with Crippen LogP contribution >= 0.6 is 23.2 Å². The van der Waals surface area contributed by atoms with Gasteiger partial charge in [-0.1, -0.05) is 47.5 Å². The van der Waals surface area contributed by atoms with E-state index in [-0.39, 0.29) is 47.2 Å². The molecule has 2 N–H and O–H groups in total. The molecule has 8 nitrogen and oxygen atoms in total. The molecule has 2 aromatic carbocycles. The Morgan fingerprint density at radius 1 is 1.07 bits per heavy atom. The second-order valence-corrected chi connectivity index (χ2v) is 14.6. The first-order chi connectivity index (χ1) is 20.6. The summed E-state index contributed by atoms with van der Waals surface area (Å²) >= 11 is 12.4. The highest BCUT2D eigenvalue weighted by Gasteiger charge is 2.74. The van der Waals surface area contributed by atoms with E-state index in [0.717, 1.165) is 5.56 Å².